The van der Waals surface area contributed by atoms with Crippen LogP contribution in [0.4, 0.5) is 5.69 Å². The molecule has 1 saturated heterocycles. The minimum absolute atomic E-state index is 0.158. The zero-order valence-electron chi connectivity index (χ0n) is 18.3. The lowest BCUT2D eigenvalue weighted by Gasteiger charge is -2.36. The first-order valence-corrected chi connectivity index (χ1v) is 12.1. The van der Waals surface area contributed by atoms with E-state index in [1.807, 2.05) is 11.3 Å². The number of aryl methyl sites for hydroxylation is 1. The molecule has 1 fully saturated rings. The molecule has 0 radical (unpaired) electrons. The minimum Gasteiger partial charge on any atom is -0.369 e. The summed E-state index contributed by atoms with van der Waals surface area (Å²) in [5, 5.41) is 5.37. The summed E-state index contributed by atoms with van der Waals surface area (Å²) in [5.41, 5.74) is 4.05. The third-order valence-corrected chi connectivity index (χ3v) is 7.30. The highest BCUT2D eigenvalue weighted by Crippen LogP contribution is 2.23. The van der Waals surface area contributed by atoms with Crippen molar-refractivity contribution in [3.05, 3.63) is 51.7 Å². The maximum Gasteiger partial charge on any atom is 0.234 e. The van der Waals surface area contributed by atoms with Crippen molar-refractivity contribution in [1.82, 2.24) is 15.1 Å². The van der Waals surface area contributed by atoms with Gasteiger partial charge in [0.25, 0.3) is 0 Å². The van der Waals surface area contributed by atoms with Crippen LogP contribution in [0.15, 0.2) is 35.7 Å². The van der Waals surface area contributed by atoms with Crippen molar-refractivity contribution >= 4 is 22.9 Å². The third kappa shape index (κ3) is 5.62. The van der Waals surface area contributed by atoms with Crippen molar-refractivity contribution in [2.75, 3.05) is 50.7 Å². The molecule has 30 heavy (non-hydrogen) atoms. The molecule has 3 heterocycles. The molecule has 6 heteroatoms. The van der Waals surface area contributed by atoms with E-state index < -0.39 is 0 Å². The summed E-state index contributed by atoms with van der Waals surface area (Å²) in [7, 11) is 0. The second-order valence-corrected chi connectivity index (χ2v) is 9.76. The summed E-state index contributed by atoms with van der Waals surface area (Å²) in [6.45, 7) is 12.1. The van der Waals surface area contributed by atoms with E-state index in [4.69, 9.17) is 0 Å². The summed E-state index contributed by atoms with van der Waals surface area (Å²) < 4.78 is 0. The summed E-state index contributed by atoms with van der Waals surface area (Å²) in [6.07, 6.45) is 2.08. The van der Waals surface area contributed by atoms with Crippen LogP contribution in [0, 0.1) is 6.92 Å². The summed E-state index contributed by atoms with van der Waals surface area (Å²) >= 11 is 1.84. The number of carbonyl (C=O) groups excluding carboxylic acids is 1. The first-order chi connectivity index (χ1) is 14.6. The first-order valence-electron chi connectivity index (χ1n) is 11.2. The summed E-state index contributed by atoms with van der Waals surface area (Å²) in [5.74, 6) is 0.158. The molecule has 0 bridgehead atoms. The molecular formula is C24H34N4OS. The van der Waals surface area contributed by atoms with Gasteiger partial charge in [-0.1, -0.05) is 12.1 Å². The monoisotopic (exact) mass is 426 g/mol. The van der Waals surface area contributed by atoms with Gasteiger partial charge in [-0.2, -0.15) is 0 Å². The number of amides is 1. The fourth-order valence-electron chi connectivity index (χ4n) is 4.47. The first kappa shape index (κ1) is 21.3. The highest BCUT2D eigenvalue weighted by Gasteiger charge is 2.21. The Balaban J connectivity index is 1.14. The van der Waals surface area contributed by atoms with Crippen molar-refractivity contribution in [3.63, 3.8) is 0 Å². The normalized spacial score (nSPS) is 18.8. The number of hydrogen-bond acceptors (Lipinski definition) is 5. The fraction of sp³-hybridized carbons (Fsp3) is 0.542. The molecule has 0 aliphatic carbocycles. The van der Waals surface area contributed by atoms with E-state index in [1.165, 1.54) is 21.7 Å². The molecule has 162 valence electrons. The van der Waals surface area contributed by atoms with Crippen LogP contribution in [0.2, 0.25) is 0 Å². The van der Waals surface area contributed by atoms with E-state index in [0.717, 1.165) is 58.7 Å². The van der Waals surface area contributed by atoms with Gasteiger partial charge < -0.3 is 10.2 Å². The van der Waals surface area contributed by atoms with Gasteiger partial charge in [0, 0.05) is 62.4 Å². The number of hydrogen-bond donors (Lipinski definition) is 1. The van der Waals surface area contributed by atoms with Crippen LogP contribution in [0.1, 0.15) is 29.3 Å². The Bertz CT molecular complexity index is 843. The van der Waals surface area contributed by atoms with Crippen LogP contribution >= 0.6 is 11.3 Å². The second-order valence-electron chi connectivity index (χ2n) is 8.75. The van der Waals surface area contributed by atoms with Gasteiger partial charge in [0.05, 0.1) is 6.54 Å². The fourth-order valence-corrected chi connectivity index (χ4v) is 5.36. The van der Waals surface area contributed by atoms with Gasteiger partial charge in [0.1, 0.15) is 0 Å². The molecule has 2 aliphatic heterocycles. The van der Waals surface area contributed by atoms with Crippen molar-refractivity contribution < 1.29 is 4.79 Å². The smallest absolute Gasteiger partial charge is 0.234 e. The molecule has 0 saturated carbocycles. The number of fused-ring (bicyclic) bond motifs is 1. The van der Waals surface area contributed by atoms with Gasteiger partial charge >= 0.3 is 0 Å². The lowest BCUT2D eigenvalue weighted by atomic mass is 10.1. The van der Waals surface area contributed by atoms with Gasteiger partial charge in [0.15, 0.2) is 0 Å². The molecule has 1 atom stereocenters. The van der Waals surface area contributed by atoms with Crippen molar-refractivity contribution in [1.29, 1.82) is 0 Å². The number of thiophene rings is 1. The highest BCUT2D eigenvalue weighted by atomic mass is 32.1. The molecule has 1 aromatic carbocycles. The van der Waals surface area contributed by atoms with Crippen LogP contribution in [-0.4, -0.2) is 67.6 Å². The Hall–Kier alpha value is -1.89. The Morgan fingerprint density at radius 1 is 1.13 bits per heavy atom. The average Bonchev–Trinajstić information content (AvgIpc) is 3.20. The molecular weight excluding hydrogens is 392 g/mol. The van der Waals surface area contributed by atoms with Crippen molar-refractivity contribution in [3.8, 4) is 0 Å². The van der Waals surface area contributed by atoms with Crippen molar-refractivity contribution in [2.45, 2.75) is 39.3 Å². The Labute approximate surface area is 184 Å². The Morgan fingerprint density at radius 3 is 2.77 bits per heavy atom. The SMILES string of the molecule is Cc1cccc(N2CCN(CCC(C)NC(=O)CN3CCc4sccc4C3)CC2)c1. The molecule has 1 N–H and O–H groups in total. The van der Waals surface area contributed by atoms with Gasteiger partial charge in [0.2, 0.25) is 5.91 Å². The van der Waals surface area contributed by atoms with Crippen LogP contribution in [-0.2, 0) is 17.8 Å². The number of anilines is 1. The Kier molecular flexibility index (Phi) is 7.08. The van der Waals surface area contributed by atoms with Crippen LogP contribution in [0.3, 0.4) is 0 Å². The maximum atomic E-state index is 12.5. The van der Waals surface area contributed by atoms with E-state index in [9.17, 15) is 4.79 Å². The van der Waals surface area contributed by atoms with Gasteiger partial charge in [-0.25, -0.2) is 0 Å². The highest BCUT2D eigenvalue weighted by molar-refractivity contribution is 7.10. The van der Waals surface area contributed by atoms with E-state index in [2.05, 4.69) is 69.6 Å². The predicted molar refractivity (Wildman–Crippen MR) is 125 cm³/mol. The topological polar surface area (TPSA) is 38.8 Å². The number of piperazine rings is 1. The van der Waals surface area contributed by atoms with Gasteiger partial charge in [-0.15, -0.1) is 11.3 Å². The van der Waals surface area contributed by atoms with E-state index >= 15 is 0 Å². The largest absolute Gasteiger partial charge is 0.369 e. The van der Waals surface area contributed by atoms with Crippen LogP contribution < -0.4 is 10.2 Å². The second kappa shape index (κ2) is 9.94. The number of rotatable bonds is 7. The zero-order chi connectivity index (χ0) is 20.9. The van der Waals surface area contributed by atoms with Crippen LogP contribution in [0.5, 0.6) is 0 Å². The standard InChI is InChI=1S/C24H34N4OS/c1-19-4-3-5-22(16-19)28-13-11-26(12-14-28)9-6-20(2)25-24(29)18-27-10-7-23-21(17-27)8-15-30-23/h3-5,8,15-16,20H,6-7,9-14,17-18H2,1-2H3,(H,25,29). The summed E-state index contributed by atoms with van der Waals surface area (Å²) in [6, 6.07) is 11.2. The van der Waals surface area contributed by atoms with E-state index in [0.29, 0.717) is 6.54 Å². The predicted octanol–water partition coefficient (Wildman–Crippen LogP) is 3.13. The number of benzene rings is 1. The third-order valence-electron chi connectivity index (χ3n) is 6.28. The molecule has 5 nitrogen and oxygen atoms in total. The lowest BCUT2D eigenvalue weighted by molar-refractivity contribution is -0.123. The molecule has 1 unspecified atom stereocenters. The Morgan fingerprint density at radius 2 is 1.97 bits per heavy atom. The molecule has 0 spiro atoms. The number of carbonyl (C=O) groups is 1. The molecule has 2 aromatic rings. The molecule has 1 amide bonds. The average molecular weight is 427 g/mol. The lowest BCUT2D eigenvalue weighted by Crippen LogP contribution is -2.48. The molecule has 1 aromatic heterocycles. The quantitative estimate of drug-likeness (QED) is 0.738. The van der Waals surface area contributed by atoms with E-state index in [-0.39, 0.29) is 11.9 Å². The van der Waals surface area contributed by atoms with Gasteiger partial charge in [-0.3, -0.25) is 14.6 Å². The zero-order valence-corrected chi connectivity index (χ0v) is 19.1. The molecule has 4 rings (SSSR count). The van der Waals surface area contributed by atoms with Crippen LogP contribution in [0.25, 0.3) is 0 Å². The number of nitrogens with zero attached hydrogens (tertiary/aromatic N) is 3. The van der Waals surface area contributed by atoms with Gasteiger partial charge in [-0.05, 0) is 61.4 Å². The maximum absolute atomic E-state index is 12.5. The van der Waals surface area contributed by atoms with Crippen molar-refractivity contribution in [2.24, 2.45) is 0 Å². The van der Waals surface area contributed by atoms with E-state index in [1.54, 1.807) is 0 Å². The minimum atomic E-state index is 0.158. The number of nitrogens with one attached hydrogen (secondary N) is 1. The molecule has 2 aliphatic rings. The summed E-state index contributed by atoms with van der Waals surface area (Å²) in [4.78, 5) is 21.2.